The van der Waals surface area contributed by atoms with Gasteiger partial charge in [0.1, 0.15) is 5.82 Å². The summed E-state index contributed by atoms with van der Waals surface area (Å²) in [7, 11) is 0. The molecule has 2 aromatic rings. The molecule has 0 bridgehead atoms. The molecule has 0 fully saturated rings. The number of rotatable bonds is 0. The molecule has 2 heteroatoms. The van der Waals surface area contributed by atoms with E-state index in [0.29, 0.717) is 5.82 Å². The summed E-state index contributed by atoms with van der Waals surface area (Å²) in [4.78, 5) is 4.39. The van der Waals surface area contributed by atoms with Crippen molar-refractivity contribution < 1.29 is 0 Å². The smallest absolute Gasteiger partial charge is 0.127 e. The lowest BCUT2D eigenvalue weighted by molar-refractivity contribution is 1.30. The van der Waals surface area contributed by atoms with Crippen LogP contribution in [0.3, 0.4) is 0 Å². The molecule has 1 aromatic heterocycles. The second-order valence-corrected chi connectivity index (χ2v) is 3.84. The van der Waals surface area contributed by atoms with Gasteiger partial charge in [-0.2, -0.15) is 0 Å². The Labute approximate surface area is 83.8 Å². The van der Waals surface area contributed by atoms with E-state index in [4.69, 9.17) is 5.73 Å². The number of nitrogen functional groups attached to an aromatic ring is 1. The summed E-state index contributed by atoms with van der Waals surface area (Å²) in [6.45, 7) is 6.15. The van der Waals surface area contributed by atoms with E-state index in [-0.39, 0.29) is 0 Å². The van der Waals surface area contributed by atoms with Crippen LogP contribution in [-0.4, -0.2) is 4.98 Å². The topological polar surface area (TPSA) is 38.9 Å². The van der Waals surface area contributed by atoms with Gasteiger partial charge in [0.2, 0.25) is 0 Å². The highest BCUT2D eigenvalue weighted by Gasteiger charge is 2.03. The van der Waals surface area contributed by atoms with E-state index in [1.807, 2.05) is 6.92 Å². The van der Waals surface area contributed by atoms with Gasteiger partial charge in [0, 0.05) is 5.39 Å². The fourth-order valence-electron chi connectivity index (χ4n) is 1.77. The first-order valence-corrected chi connectivity index (χ1v) is 4.72. The van der Waals surface area contributed by atoms with Crippen molar-refractivity contribution >= 4 is 16.7 Å². The number of nitrogens with two attached hydrogens (primary N) is 1. The largest absolute Gasteiger partial charge is 0.383 e. The Morgan fingerprint density at radius 1 is 1.00 bits per heavy atom. The van der Waals surface area contributed by atoms with Crippen molar-refractivity contribution in [2.24, 2.45) is 0 Å². The lowest BCUT2D eigenvalue weighted by Crippen LogP contribution is -1.95. The molecule has 1 heterocycles. The number of hydrogen-bond acceptors (Lipinski definition) is 2. The Bertz CT molecular complexity index is 501. The summed E-state index contributed by atoms with van der Waals surface area (Å²) in [5.74, 6) is 0.629. The Balaban J connectivity index is 2.89. The number of anilines is 1. The zero-order valence-electron chi connectivity index (χ0n) is 8.76. The van der Waals surface area contributed by atoms with Gasteiger partial charge >= 0.3 is 0 Å². The van der Waals surface area contributed by atoms with Crippen LogP contribution in [0.4, 0.5) is 5.82 Å². The van der Waals surface area contributed by atoms with Crippen LogP contribution in [0.1, 0.15) is 16.7 Å². The fraction of sp³-hybridized carbons (Fsp3) is 0.250. The van der Waals surface area contributed by atoms with Gasteiger partial charge in [-0.3, -0.25) is 0 Å². The minimum Gasteiger partial charge on any atom is -0.383 e. The normalized spacial score (nSPS) is 10.8. The van der Waals surface area contributed by atoms with Crippen molar-refractivity contribution in [3.8, 4) is 0 Å². The first kappa shape index (κ1) is 9.00. The predicted octanol–water partition coefficient (Wildman–Crippen LogP) is 2.74. The van der Waals surface area contributed by atoms with Gasteiger partial charge in [0.25, 0.3) is 0 Å². The third-order valence-electron chi connectivity index (χ3n) is 2.48. The minimum atomic E-state index is 0.629. The van der Waals surface area contributed by atoms with E-state index in [1.165, 1.54) is 16.5 Å². The van der Waals surface area contributed by atoms with Crippen LogP contribution in [0.5, 0.6) is 0 Å². The molecule has 0 aliphatic carbocycles. The van der Waals surface area contributed by atoms with E-state index >= 15 is 0 Å². The third kappa shape index (κ3) is 1.33. The molecule has 2 nitrogen and oxygen atoms in total. The third-order valence-corrected chi connectivity index (χ3v) is 2.48. The van der Waals surface area contributed by atoms with Gasteiger partial charge < -0.3 is 5.73 Å². The van der Waals surface area contributed by atoms with E-state index < -0.39 is 0 Å². The van der Waals surface area contributed by atoms with Crippen LogP contribution in [0.15, 0.2) is 18.2 Å². The average molecular weight is 186 g/mol. The lowest BCUT2D eigenvalue weighted by atomic mass is 10.1. The standard InChI is InChI=1S/C12H14N2/c1-7-4-8(2)11-10(5-7)6-9(3)12(13)14-11/h4-6H,1-3H3,(H2,13,14). The van der Waals surface area contributed by atoms with Crippen molar-refractivity contribution in [2.75, 3.05) is 5.73 Å². The Hall–Kier alpha value is -1.57. The molecule has 2 N–H and O–H groups in total. The van der Waals surface area contributed by atoms with E-state index in [2.05, 4.69) is 37.0 Å². The lowest BCUT2D eigenvalue weighted by Gasteiger charge is -2.06. The van der Waals surface area contributed by atoms with E-state index in [9.17, 15) is 0 Å². The molecule has 0 unspecified atom stereocenters. The van der Waals surface area contributed by atoms with Crippen molar-refractivity contribution in [2.45, 2.75) is 20.8 Å². The van der Waals surface area contributed by atoms with Gasteiger partial charge in [0.15, 0.2) is 0 Å². The fourth-order valence-corrected chi connectivity index (χ4v) is 1.77. The molecule has 0 atom stereocenters. The van der Waals surface area contributed by atoms with Gasteiger partial charge in [-0.05, 0) is 44.0 Å². The second kappa shape index (κ2) is 2.98. The highest BCUT2D eigenvalue weighted by Crippen LogP contribution is 2.22. The zero-order valence-corrected chi connectivity index (χ0v) is 8.76. The maximum absolute atomic E-state index is 5.78. The number of fused-ring (bicyclic) bond motifs is 1. The van der Waals surface area contributed by atoms with Crippen LogP contribution in [0, 0.1) is 20.8 Å². The van der Waals surface area contributed by atoms with E-state index in [1.54, 1.807) is 0 Å². The minimum absolute atomic E-state index is 0.629. The van der Waals surface area contributed by atoms with Gasteiger partial charge in [-0.25, -0.2) is 4.98 Å². The molecule has 0 aliphatic heterocycles. The molecule has 72 valence electrons. The summed E-state index contributed by atoms with van der Waals surface area (Å²) < 4.78 is 0. The molecule has 14 heavy (non-hydrogen) atoms. The summed E-state index contributed by atoms with van der Waals surface area (Å²) in [6, 6.07) is 6.36. The quantitative estimate of drug-likeness (QED) is 0.687. The highest BCUT2D eigenvalue weighted by molar-refractivity contribution is 5.84. The maximum atomic E-state index is 5.78. The number of hydrogen-bond donors (Lipinski definition) is 1. The average Bonchev–Trinajstić information content (AvgIpc) is 2.08. The Morgan fingerprint density at radius 2 is 1.71 bits per heavy atom. The summed E-state index contributed by atoms with van der Waals surface area (Å²) in [5.41, 5.74) is 10.3. The zero-order chi connectivity index (χ0) is 10.3. The summed E-state index contributed by atoms with van der Waals surface area (Å²) >= 11 is 0. The van der Waals surface area contributed by atoms with Crippen molar-refractivity contribution in [1.82, 2.24) is 4.98 Å². The number of pyridine rings is 1. The second-order valence-electron chi connectivity index (χ2n) is 3.84. The van der Waals surface area contributed by atoms with Crippen LogP contribution in [-0.2, 0) is 0 Å². The summed E-state index contributed by atoms with van der Waals surface area (Å²) in [6.07, 6.45) is 0. The van der Waals surface area contributed by atoms with Gasteiger partial charge in [-0.1, -0.05) is 11.6 Å². The molecule has 2 rings (SSSR count). The maximum Gasteiger partial charge on any atom is 0.127 e. The molecule has 1 aromatic carbocycles. The highest BCUT2D eigenvalue weighted by atomic mass is 14.8. The first-order valence-electron chi connectivity index (χ1n) is 4.72. The molecular weight excluding hydrogens is 172 g/mol. The van der Waals surface area contributed by atoms with Crippen LogP contribution < -0.4 is 5.73 Å². The number of benzene rings is 1. The first-order chi connectivity index (χ1) is 6.58. The van der Waals surface area contributed by atoms with Crippen LogP contribution in [0.25, 0.3) is 10.9 Å². The Morgan fingerprint density at radius 3 is 2.43 bits per heavy atom. The molecule has 0 amide bonds. The monoisotopic (exact) mass is 186 g/mol. The molecular formula is C12H14N2. The van der Waals surface area contributed by atoms with E-state index in [0.717, 1.165) is 11.1 Å². The number of aryl methyl sites for hydroxylation is 3. The summed E-state index contributed by atoms with van der Waals surface area (Å²) in [5, 5.41) is 1.18. The molecule has 0 radical (unpaired) electrons. The van der Waals surface area contributed by atoms with Crippen LogP contribution in [0.2, 0.25) is 0 Å². The molecule has 0 saturated heterocycles. The van der Waals surface area contributed by atoms with Gasteiger partial charge in [-0.15, -0.1) is 0 Å². The number of aromatic nitrogens is 1. The molecule has 0 spiro atoms. The van der Waals surface area contributed by atoms with Crippen molar-refractivity contribution in [1.29, 1.82) is 0 Å². The SMILES string of the molecule is Cc1cc(C)c2nc(N)c(C)cc2c1. The predicted molar refractivity (Wildman–Crippen MR) is 60.4 cm³/mol. The number of nitrogens with zero attached hydrogens (tertiary/aromatic N) is 1. The van der Waals surface area contributed by atoms with Gasteiger partial charge in [0.05, 0.1) is 5.52 Å². The molecule has 0 aliphatic rings. The van der Waals surface area contributed by atoms with Crippen molar-refractivity contribution in [3.05, 3.63) is 34.9 Å². The van der Waals surface area contributed by atoms with Crippen molar-refractivity contribution in [3.63, 3.8) is 0 Å². The Kier molecular flexibility index (Phi) is 1.92. The van der Waals surface area contributed by atoms with Crippen LogP contribution >= 0.6 is 0 Å². The molecule has 0 saturated carbocycles.